The quantitative estimate of drug-likeness (QED) is 0.146. The molecule has 0 N–H and O–H groups in total. The Balaban J connectivity index is 1.50. The van der Waals surface area contributed by atoms with E-state index in [4.69, 9.17) is 4.74 Å². The van der Waals surface area contributed by atoms with E-state index in [1.54, 1.807) is 19.2 Å². The number of fused-ring (bicyclic) bond motifs is 1. The lowest BCUT2D eigenvalue weighted by Crippen LogP contribution is -2.19. The van der Waals surface area contributed by atoms with Gasteiger partial charge in [0.25, 0.3) is 0 Å². The fourth-order valence-corrected chi connectivity index (χ4v) is 4.41. The van der Waals surface area contributed by atoms with Crippen LogP contribution in [0.25, 0.3) is 21.9 Å². The lowest BCUT2D eigenvalue weighted by atomic mass is 9.96. The maximum absolute atomic E-state index is 15.3. The molecular weight excluding hydrogens is 525 g/mol. The van der Waals surface area contributed by atoms with Gasteiger partial charge >= 0.3 is 6.18 Å². The number of rotatable bonds is 10. The van der Waals surface area contributed by atoms with Crippen LogP contribution in [-0.4, -0.2) is 26.5 Å². The molecule has 9 heteroatoms. The Labute approximate surface area is 221 Å². The van der Waals surface area contributed by atoms with E-state index in [2.05, 4.69) is 4.74 Å². The van der Waals surface area contributed by atoms with Crippen LogP contribution in [0.15, 0.2) is 60.7 Å². The van der Waals surface area contributed by atoms with Gasteiger partial charge in [0.05, 0.1) is 5.56 Å². The van der Waals surface area contributed by atoms with Gasteiger partial charge in [0, 0.05) is 19.1 Å². The van der Waals surface area contributed by atoms with Gasteiger partial charge in [0.1, 0.15) is 17.5 Å². The first-order valence-corrected chi connectivity index (χ1v) is 12.2. The molecule has 0 atom stereocenters. The Morgan fingerprint density at radius 3 is 2.10 bits per heavy atom. The van der Waals surface area contributed by atoms with Crippen molar-refractivity contribution in [2.75, 3.05) is 20.3 Å². The van der Waals surface area contributed by atoms with E-state index in [9.17, 15) is 26.3 Å². The Hall–Kier alpha value is -3.59. The molecular formula is C30H25F7O2. The molecule has 39 heavy (non-hydrogen) atoms. The minimum atomic E-state index is -4.59. The second-order valence-corrected chi connectivity index (χ2v) is 9.17. The fraction of sp³-hybridized carbons (Fsp3) is 0.267. The van der Waals surface area contributed by atoms with Crippen LogP contribution in [-0.2, 0) is 24.0 Å². The first kappa shape index (κ1) is 28.4. The number of alkyl halides is 3. The highest BCUT2D eigenvalue weighted by molar-refractivity contribution is 5.88. The van der Waals surface area contributed by atoms with Gasteiger partial charge in [-0.05, 0) is 83.7 Å². The second kappa shape index (κ2) is 12.1. The van der Waals surface area contributed by atoms with Gasteiger partial charge in [-0.15, -0.1) is 0 Å². The van der Waals surface area contributed by atoms with E-state index in [0.717, 1.165) is 12.1 Å². The van der Waals surface area contributed by atoms with Crippen LogP contribution in [0, 0.1) is 23.3 Å². The highest BCUT2D eigenvalue weighted by Crippen LogP contribution is 2.32. The number of aryl methyl sites for hydroxylation is 3. The van der Waals surface area contributed by atoms with E-state index in [1.165, 1.54) is 36.4 Å². The van der Waals surface area contributed by atoms with Crippen LogP contribution in [0.5, 0.6) is 5.75 Å². The number of hydrogen-bond acceptors (Lipinski definition) is 2. The predicted octanol–water partition coefficient (Wildman–Crippen LogP) is 8.37. The molecule has 4 aromatic rings. The zero-order valence-electron chi connectivity index (χ0n) is 21.0. The van der Waals surface area contributed by atoms with Gasteiger partial charge in [0.2, 0.25) is 0 Å². The molecule has 0 unspecified atom stereocenters. The van der Waals surface area contributed by atoms with E-state index in [0.29, 0.717) is 41.5 Å². The molecule has 0 heterocycles. The summed E-state index contributed by atoms with van der Waals surface area (Å²) >= 11 is 0. The van der Waals surface area contributed by atoms with E-state index in [1.807, 2.05) is 0 Å². The van der Waals surface area contributed by atoms with Crippen LogP contribution in [0.4, 0.5) is 30.7 Å². The van der Waals surface area contributed by atoms with Crippen molar-refractivity contribution in [3.63, 3.8) is 0 Å². The maximum atomic E-state index is 15.3. The summed E-state index contributed by atoms with van der Waals surface area (Å²) in [7, 11) is 1.55. The smallest absolute Gasteiger partial charge is 0.422 e. The van der Waals surface area contributed by atoms with Crippen molar-refractivity contribution in [1.29, 1.82) is 0 Å². The first-order valence-electron chi connectivity index (χ1n) is 12.2. The van der Waals surface area contributed by atoms with Crippen LogP contribution >= 0.6 is 0 Å². The van der Waals surface area contributed by atoms with Crippen LogP contribution in [0.1, 0.15) is 23.1 Å². The molecule has 0 saturated carbocycles. The van der Waals surface area contributed by atoms with Crippen molar-refractivity contribution in [2.24, 2.45) is 0 Å². The molecule has 0 spiro atoms. The zero-order chi connectivity index (χ0) is 28.2. The summed E-state index contributed by atoms with van der Waals surface area (Å²) in [6.45, 7) is -1.13. The third kappa shape index (κ3) is 7.09. The second-order valence-electron chi connectivity index (χ2n) is 9.17. The highest BCUT2D eigenvalue weighted by Gasteiger charge is 2.29. The Bertz CT molecular complexity index is 1440. The van der Waals surface area contributed by atoms with Crippen LogP contribution < -0.4 is 4.74 Å². The maximum Gasteiger partial charge on any atom is 0.422 e. The average Bonchev–Trinajstić information content (AvgIpc) is 2.87. The van der Waals surface area contributed by atoms with Crippen molar-refractivity contribution >= 4 is 10.8 Å². The summed E-state index contributed by atoms with van der Waals surface area (Å²) in [5.41, 5.74) is 1.40. The minimum Gasteiger partial charge on any atom is -0.481 e. The SMILES string of the molecule is COCCCc1cc(F)c(-c2ccc3c(F)c(CCc4ccc(OCC(F)(F)F)c(F)c4)ccc3c2)c(F)c1. The number of halogens is 7. The molecule has 0 amide bonds. The number of ether oxygens (including phenoxy) is 2. The third-order valence-electron chi connectivity index (χ3n) is 6.31. The molecule has 0 fully saturated rings. The van der Waals surface area contributed by atoms with Crippen molar-refractivity contribution in [1.82, 2.24) is 0 Å². The minimum absolute atomic E-state index is 0.193. The summed E-state index contributed by atoms with van der Waals surface area (Å²) in [5.74, 6) is -3.39. The normalized spacial score (nSPS) is 11.8. The molecule has 4 aromatic carbocycles. The molecule has 0 saturated heterocycles. The van der Waals surface area contributed by atoms with E-state index < -0.39 is 41.8 Å². The zero-order valence-corrected chi connectivity index (χ0v) is 21.0. The van der Waals surface area contributed by atoms with Gasteiger partial charge in [-0.3, -0.25) is 0 Å². The molecule has 0 aliphatic rings. The lowest BCUT2D eigenvalue weighted by Gasteiger charge is -2.12. The van der Waals surface area contributed by atoms with Crippen LogP contribution in [0.3, 0.4) is 0 Å². The first-order chi connectivity index (χ1) is 18.6. The lowest BCUT2D eigenvalue weighted by molar-refractivity contribution is -0.153. The summed E-state index contributed by atoms with van der Waals surface area (Å²) in [4.78, 5) is 0. The third-order valence-corrected chi connectivity index (χ3v) is 6.31. The van der Waals surface area contributed by atoms with Gasteiger partial charge in [-0.2, -0.15) is 13.2 Å². The van der Waals surface area contributed by atoms with Crippen molar-refractivity contribution in [3.05, 3.63) is 101 Å². The fourth-order valence-electron chi connectivity index (χ4n) is 4.41. The summed E-state index contributed by atoms with van der Waals surface area (Å²) in [5, 5.41) is 0.712. The van der Waals surface area contributed by atoms with E-state index >= 15 is 4.39 Å². The van der Waals surface area contributed by atoms with E-state index in [-0.39, 0.29) is 29.4 Å². The number of hydrogen-bond donors (Lipinski definition) is 0. The summed E-state index contributed by atoms with van der Waals surface area (Å²) in [6.07, 6.45) is -3.07. The van der Waals surface area contributed by atoms with Crippen molar-refractivity contribution in [3.8, 4) is 16.9 Å². The molecule has 0 aromatic heterocycles. The number of methoxy groups -OCH3 is 1. The van der Waals surface area contributed by atoms with Crippen molar-refractivity contribution in [2.45, 2.75) is 31.9 Å². The van der Waals surface area contributed by atoms with Crippen molar-refractivity contribution < 1.29 is 40.2 Å². The summed E-state index contributed by atoms with van der Waals surface area (Å²) < 4.78 is 105. The van der Waals surface area contributed by atoms with Gasteiger partial charge in [-0.25, -0.2) is 17.6 Å². The number of benzene rings is 4. The molecule has 0 aliphatic heterocycles. The highest BCUT2D eigenvalue weighted by atomic mass is 19.4. The van der Waals surface area contributed by atoms with Crippen LogP contribution in [0.2, 0.25) is 0 Å². The van der Waals surface area contributed by atoms with Gasteiger partial charge in [0.15, 0.2) is 18.2 Å². The molecule has 4 rings (SSSR count). The van der Waals surface area contributed by atoms with Gasteiger partial charge in [-0.1, -0.05) is 30.3 Å². The predicted molar refractivity (Wildman–Crippen MR) is 135 cm³/mol. The molecule has 0 bridgehead atoms. The largest absolute Gasteiger partial charge is 0.481 e. The average molecular weight is 551 g/mol. The summed E-state index contributed by atoms with van der Waals surface area (Å²) in [6, 6.07) is 13.8. The Kier molecular flexibility index (Phi) is 8.80. The molecule has 206 valence electrons. The Morgan fingerprint density at radius 1 is 0.718 bits per heavy atom. The monoisotopic (exact) mass is 550 g/mol. The standard InChI is InChI=1S/C30H25F7O2/c1-38-12-2-3-19-14-25(32)28(26(33)15-19)22-9-10-23-21(16-22)8-7-20(29(23)34)6-4-18-5-11-27(24(31)13-18)39-17-30(35,36)37/h5,7-11,13-16H,2-4,6,12,17H2,1H3. The molecule has 0 radical (unpaired) electrons. The topological polar surface area (TPSA) is 18.5 Å². The Morgan fingerprint density at radius 2 is 1.44 bits per heavy atom. The van der Waals surface area contributed by atoms with Gasteiger partial charge < -0.3 is 9.47 Å². The molecule has 0 aliphatic carbocycles. The molecule has 2 nitrogen and oxygen atoms in total.